The second-order valence-electron chi connectivity index (χ2n) is 5.68. The lowest BCUT2D eigenvalue weighted by Gasteiger charge is -2.00. The molecule has 1 aromatic carbocycles. The topological polar surface area (TPSA) is 54.9 Å². The maximum absolute atomic E-state index is 12.5. The van der Waals surface area contributed by atoms with Gasteiger partial charge >= 0.3 is 0 Å². The third-order valence-corrected chi connectivity index (χ3v) is 3.87. The molecule has 2 rings (SSSR count). The van der Waals surface area contributed by atoms with E-state index < -0.39 is 0 Å². The fraction of sp³-hybridized carbons (Fsp3) is 0.444. The molecule has 0 spiro atoms. The zero-order valence-electron chi connectivity index (χ0n) is 13.4. The molecule has 0 aliphatic rings. The van der Waals surface area contributed by atoms with Gasteiger partial charge in [0.15, 0.2) is 5.78 Å². The van der Waals surface area contributed by atoms with Crippen LogP contribution < -0.4 is 5.56 Å². The molecule has 0 unspecified atom stereocenters. The van der Waals surface area contributed by atoms with E-state index in [0.717, 1.165) is 24.9 Å². The van der Waals surface area contributed by atoms with Crippen LogP contribution in [-0.4, -0.2) is 15.6 Å². The molecule has 0 fully saturated rings. The molecular formula is C18H24N2O2. The molecule has 1 N–H and O–H groups in total. The number of benzene rings is 1. The van der Waals surface area contributed by atoms with Gasteiger partial charge in [-0.15, -0.1) is 0 Å². The first-order valence-corrected chi connectivity index (χ1v) is 8.05. The number of carbonyl (C=O) groups is 1. The first kappa shape index (κ1) is 16.3. The summed E-state index contributed by atoms with van der Waals surface area (Å²) < 4.78 is 1.44. The van der Waals surface area contributed by atoms with Gasteiger partial charge in [-0.3, -0.25) is 14.7 Å². The Morgan fingerprint density at radius 2 is 1.77 bits per heavy atom. The van der Waals surface area contributed by atoms with Gasteiger partial charge in [-0.2, -0.15) is 0 Å². The van der Waals surface area contributed by atoms with Gasteiger partial charge in [0.05, 0.1) is 5.69 Å². The van der Waals surface area contributed by atoms with Crippen molar-refractivity contribution in [3.05, 3.63) is 51.9 Å². The van der Waals surface area contributed by atoms with Crippen LogP contribution in [0.1, 0.15) is 61.5 Å². The molecule has 1 heterocycles. The molecule has 0 aliphatic heterocycles. The Kier molecular flexibility index (Phi) is 5.75. The first-order valence-electron chi connectivity index (χ1n) is 8.05. The minimum Gasteiger partial charge on any atom is -0.295 e. The van der Waals surface area contributed by atoms with E-state index in [1.807, 2.05) is 30.3 Å². The number of aryl methyl sites for hydroxylation is 1. The van der Waals surface area contributed by atoms with Crippen molar-refractivity contribution >= 4 is 5.78 Å². The number of unbranched alkanes of at least 4 members (excludes halogenated alkanes) is 4. The summed E-state index contributed by atoms with van der Waals surface area (Å²) in [6.45, 7) is 3.95. The number of nitrogens with one attached hydrogen (secondary N) is 1. The Hall–Kier alpha value is -2.10. The summed E-state index contributed by atoms with van der Waals surface area (Å²) in [6.07, 6.45) is 5.91. The monoisotopic (exact) mass is 300 g/mol. The number of H-pyrrole nitrogens is 1. The maximum Gasteiger partial charge on any atom is 0.282 e. The van der Waals surface area contributed by atoms with Crippen LogP contribution in [0.15, 0.2) is 35.1 Å². The van der Waals surface area contributed by atoms with E-state index in [-0.39, 0.29) is 11.3 Å². The molecular weight excluding hydrogens is 276 g/mol. The second kappa shape index (κ2) is 7.78. The van der Waals surface area contributed by atoms with E-state index in [9.17, 15) is 9.59 Å². The number of ketones is 1. The zero-order valence-corrected chi connectivity index (χ0v) is 13.4. The number of carbonyl (C=O) groups excluding carboxylic acids is 1. The van der Waals surface area contributed by atoms with Gasteiger partial charge in [0, 0.05) is 12.1 Å². The van der Waals surface area contributed by atoms with Gasteiger partial charge in [-0.1, -0.05) is 50.8 Å². The standard InChI is InChI=1S/C18H24N2O2/c1-3-4-5-6-10-13-16(21)17-14(2)19-20(18(17)22)15-11-8-7-9-12-15/h7-9,11-12,19H,3-6,10,13H2,1-2H3. The molecule has 4 nitrogen and oxygen atoms in total. The van der Waals surface area contributed by atoms with Gasteiger partial charge in [-0.25, -0.2) is 4.68 Å². The lowest BCUT2D eigenvalue weighted by Crippen LogP contribution is -2.20. The largest absolute Gasteiger partial charge is 0.295 e. The molecule has 118 valence electrons. The third-order valence-electron chi connectivity index (χ3n) is 3.87. The van der Waals surface area contributed by atoms with Gasteiger partial charge in [0.2, 0.25) is 0 Å². The minimum atomic E-state index is -0.248. The number of rotatable bonds is 8. The van der Waals surface area contributed by atoms with Crippen LogP contribution in [-0.2, 0) is 0 Å². The highest BCUT2D eigenvalue weighted by atomic mass is 16.2. The minimum absolute atomic E-state index is 0.0510. The van der Waals surface area contributed by atoms with Crippen LogP contribution >= 0.6 is 0 Å². The number of nitrogens with zero attached hydrogens (tertiary/aromatic N) is 1. The van der Waals surface area contributed by atoms with E-state index in [2.05, 4.69) is 12.0 Å². The molecule has 1 aromatic heterocycles. The molecule has 0 amide bonds. The van der Waals surface area contributed by atoms with Crippen molar-refractivity contribution in [3.63, 3.8) is 0 Å². The molecule has 4 heteroatoms. The summed E-state index contributed by atoms with van der Waals surface area (Å²) in [6, 6.07) is 9.32. The van der Waals surface area contributed by atoms with Crippen LogP contribution in [0.25, 0.3) is 5.69 Å². The molecule has 0 radical (unpaired) electrons. The normalized spacial score (nSPS) is 10.8. The molecule has 2 aromatic rings. The average Bonchev–Trinajstić information content (AvgIpc) is 2.82. The van der Waals surface area contributed by atoms with Crippen molar-refractivity contribution in [3.8, 4) is 5.69 Å². The van der Waals surface area contributed by atoms with Crippen LogP contribution in [0.4, 0.5) is 0 Å². The van der Waals surface area contributed by atoms with Gasteiger partial charge in [-0.05, 0) is 25.5 Å². The van der Waals surface area contributed by atoms with Crippen molar-refractivity contribution in [1.29, 1.82) is 0 Å². The predicted octanol–water partition coefficient (Wildman–Crippen LogP) is 4.02. The fourth-order valence-corrected chi connectivity index (χ4v) is 2.65. The van der Waals surface area contributed by atoms with Crippen LogP contribution in [0.2, 0.25) is 0 Å². The Morgan fingerprint density at radius 1 is 1.09 bits per heavy atom. The van der Waals surface area contributed by atoms with Crippen molar-refractivity contribution in [2.75, 3.05) is 0 Å². The Morgan fingerprint density at radius 3 is 2.45 bits per heavy atom. The highest BCUT2D eigenvalue weighted by Crippen LogP contribution is 2.12. The smallest absolute Gasteiger partial charge is 0.282 e. The summed E-state index contributed by atoms with van der Waals surface area (Å²) in [5.41, 5.74) is 1.45. The Labute approximate surface area is 131 Å². The van der Waals surface area contributed by atoms with Crippen LogP contribution in [0.3, 0.4) is 0 Å². The maximum atomic E-state index is 12.5. The first-order chi connectivity index (χ1) is 10.6. The van der Waals surface area contributed by atoms with Crippen LogP contribution in [0, 0.1) is 6.92 Å². The number of aromatic amines is 1. The average molecular weight is 300 g/mol. The molecule has 0 saturated carbocycles. The lowest BCUT2D eigenvalue weighted by molar-refractivity contribution is 0.0977. The van der Waals surface area contributed by atoms with E-state index in [4.69, 9.17) is 0 Å². The highest BCUT2D eigenvalue weighted by Gasteiger charge is 2.18. The molecule has 0 bridgehead atoms. The Bertz CT molecular complexity index is 668. The third kappa shape index (κ3) is 3.75. The van der Waals surface area contributed by atoms with Gasteiger partial charge in [0.25, 0.3) is 5.56 Å². The summed E-state index contributed by atoms with van der Waals surface area (Å²) in [4.78, 5) is 24.8. The van der Waals surface area contributed by atoms with Crippen molar-refractivity contribution in [2.45, 2.75) is 52.4 Å². The van der Waals surface area contributed by atoms with E-state index >= 15 is 0 Å². The van der Waals surface area contributed by atoms with Crippen molar-refractivity contribution in [1.82, 2.24) is 9.78 Å². The highest BCUT2D eigenvalue weighted by molar-refractivity contribution is 5.96. The molecule has 0 saturated heterocycles. The van der Waals surface area contributed by atoms with Crippen molar-refractivity contribution in [2.24, 2.45) is 0 Å². The molecule has 0 atom stereocenters. The Balaban J connectivity index is 2.10. The van der Waals surface area contributed by atoms with Crippen molar-refractivity contribution < 1.29 is 4.79 Å². The number of Topliss-reactive ketones (excluding diaryl/α,β-unsaturated/α-hetero) is 1. The quantitative estimate of drug-likeness (QED) is 0.591. The fourth-order valence-electron chi connectivity index (χ4n) is 2.65. The van der Waals surface area contributed by atoms with E-state index in [1.54, 1.807) is 6.92 Å². The molecule has 0 aliphatic carbocycles. The van der Waals surface area contributed by atoms with E-state index in [1.165, 1.54) is 17.5 Å². The second-order valence-corrected chi connectivity index (χ2v) is 5.68. The van der Waals surface area contributed by atoms with E-state index in [0.29, 0.717) is 17.7 Å². The summed E-state index contributed by atoms with van der Waals surface area (Å²) in [7, 11) is 0. The summed E-state index contributed by atoms with van der Waals surface area (Å²) in [5, 5.41) is 3.00. The number of aromatic nitrogens is 2. The van der Waals surface area contributed by atoms with Crippen LogP contribution in [0.5, 0.6) is 0 Å². The lowest BCUT2D eigenvalue weighted by atomic mass is 10.0. The predicted molar refractivity (Wildman–Crippen MR) is 88.8 cm³/mol. The van der Waals surface area contributed by atoms with Gasteiger partial charge in [0.1, 0.15) is 5.56 Å². The number of para-hydroxylation sites is 1. The zero-order chi connectivity index (χ0) is 15.9. The number of hydrogen-bond acceptors (Lipinski definition) is 2. The SMILES string of the molecule is CCCCCCCC(=O)c1c(C)[nH]n(-c2ccccc2)c1=O. The van der Waals surface area contributed by atoms with Gasteiger partial charge < -0.3 is 0 Å². The summed E-state index contributed by atoms with van der Waals surface area (Å²) >= 11 is 0. The summed E-state index contributed by atoms with van der Waals surface area (Å²) in [5.74, 6) is -0.0510. The number of hydrogen-bond donors (Lipinski definition) is 1. The molecule has 22 heavy (non-hydrogen) atoms.